The molecule has 306 valence electrons. The number of nitrogens with zero attached hydrogens (tertiary/aromatic N) is 1. The molecule has 5 rings (SSSR count). The first-order valence-corrected chi connectivity index (χ1v) is 18.0. The summed E-state index contributed by atoms with van der Waals surface area (Å²) in [6.45, 7) is 0. The van der Waals surface area contributed by atoms with Crippen LogP contribution in [0.25, 0.3) is 0 Å². The highest BCUT2D eigenvalue weighted by molar-refractivity contribution is 6.35. The van der Waals surface area contributed by atoms with Crippen LogP contribution >= 0.6 is 23.2 Å². The van der Waals surface area contributed by atoms with E-state index in [1.165, 1.54) is 92.0 Å². The SMILES string of the molecule is COc1c(NC(=O)c2ccc(NC(=O)c3ccc(NC(=O)C(CC#N)NC(=O)c4ccc(NC(=O)c5cc(Cl)cc(Cl)c5)cc4)cc3)c(OC)c2O)ccc(C(=O)O)c1O. The predicted octanol–water partition coefficient (Wildman–Crippen LogP) is 6.53. The van der Waals surface area contributed by atoms with Crippen molar-refractivity contribution in [1.82, 2.24) is 5.32 Å². The first kappa shape index (κ1) is 43.3. The van der Waals surface area contributed by atoms with Crippen LogP contribution in [0.15, 0.2) is 91.0 Å². The molecule has 0 fully saturated rings. The minimum Gasteiger partial charge on any atom is -0.504 e. The van der Waals surface area contributed by atoms with Crippen LogP contribution in [-0.2, 0) is 4.79 Å². The van der Waals surface area contributed by atoms with Gasteiger partial charge >= 0.3 is 5.97 Å². The zero-order chi connectivity index (χ0) is 43.7. The summed E-state index contributed by atoms with van der Waals surface area (Å²) < 4.78 is 10.3. The van der Waals surface area contributed by atoms with Crippen LogP contribution in [0.2, 0.25) is 10.0 Å². The molecule has 0 aromatic heterocycles. The van der Waals surface area contributed by atoms with Gasteiger partial charge in [0.15, 0.2) is 23.0 Å². The van der Waals surface area contributed by atoms with Crippen LogP contribution in [0.4, 0.5) is 22.7 Å². The van der Waals surface area contributed by atoms with Gasteiger partial charge in [0, 0.05) is 38.1 Å². The van der Waals surface area contributed by atoms with Crippen LogP contribution in [0.1, 0.15) is 58.2 Å². The van der Waals surface area contributed by atoms with Crippen molar-refractivity contribution in [3.8, 4) is 29.1 Å². The summed E-state index contributed by atoms with van der Waals surface area (Å²) in [5, 5.41) is 53.1. The zero-order valence-electron chi connectivity index (χ0n) is 31.3. The van der Waals surface area contributed by atoms with Gasteiger partial charge < -0.3 is 51.4 Å². The first-order chi connectivity index (χ1) is 28.6. The van der Waals surface area contributed by atoms with Crippen molar-refractivity contribution in [1.29, 1.82) is 5.26 Å². The van der Waals surface area contributed by atoms with Gasteiger partial charge in [-0.25, -0.2) is 4.79 Å². The van der Waals surface area contributed by atoms with E-state index in [2.05, 4.69) is 26.6 Å². The minimum atomic E-state index is -1.43. The second kappa shape index (κ2) is 19.1. The Morgan fingerprint density at radius 1 is 0.617 bits per heavy atom. The molecule has 60 heavy (non-hydrogen) atoms. The summed E-state index contributed by atoms with van der Waals surface area (Å²) in [6.07, 6.45) is -0.374. The van der Waals surface area contributed by atoms with E-state index in [1.807, 2.05) is 6.07 Å². The van der Waals surface area contributed by atoms with Crippen LogP contribution in [0, 0.1) is 11.3 Å². The lowest BCUT2D eigenvalue weighted by Crippen LogP contribution is -2.43. The van der Waals surface area contributed by atoms with E-state index in [4.69, 9.17) is 32.7 Å². The summed E-state index contributed by atoms with van der Waals surface area (Å²) in [4.78, 5) is 76.4. The highest BCUT2D eigenvalue weighted by Crippen LogP contribution is 2.40. The van der Waals surface area contributed by atoms with Crippen molar-refractivity contribution in [2.75, 3.05) is 35.5 Å². The third-order valence-electron chi connectivity index (χ3n) is 8.50. The number of amides is 5. The Morgan fingerprint density at radius 3 is 1.60 bits per heavy atom. The number of methoxy groups -OCH3 is 2. The number of carbonyl (C=O) groups is 6. The number of phenolic OH excluding ortho intramolecular Hbond substituents is 1. The number of nitriles is 1. The fourth-order valence-corrected chi connectivity index (χ4v) is 6.09. The lowest BCUT2D eigenvalue weighted by molar-refractivity contribution is -0.117. The number of hydrogen-bond acceptors (Lipinski definition) is 11. The Bertz CT molecular complexity index is 2540. The molecule has 5 aromatic carbocycles. The van der Waals surface area contributed by atoms with Crippen LogP contribution in [-0.4, -0.2) is 71.1 Å². The number of carboxylic acids is 1. The van der Waals surface area contributed by atoms with E-state index in [0.717, 1.165) is 13.2 Å². The van der Waals surface area contributed by atoms with Crippen molar-refractivity contribution in [3.05, 3.63) is 129 Å². The third-order valence-corrected chi connectivity index (χ3v) is 8.94. The van der Waals surface area contributed by atoms with Gasteiger partial charge in [0.1, 0.15) is 11.6 Å². The number of nitrogens with one attached hydrogen (secondary N) is 5. The van der Waals surface area contributed by atoms with Gasteiger partial charge in [0.05, 0.1) is 43.6 Å². The smallest absolute Gasteiger partial charge is 0.339 e. The molecular formula is C41H32Cl2N6O11. The molecule has 5 aromatic rings. The number of carboxylic acid groups (broad SMARTS) is 1. The number of anilines is 4. The molecule has 1 atom stereocenters. The standard InChI is InChI=1S/C41H32Cl2N6O11/c1-59-34-29(13-11-27(32(34)50)39(55)48-30-14-12-28(41(57)58)33(51)35(30)60-2)47-36(52)20-5-9-26(10-6-20)46-40(56)31(15-16-44)49-37(53)21-3-7-25(8-4-21)45-38(54)22-17-23(42)19-24(43)18-22/h3-14,17-19,31,50-51H,15H2,1-2H3,(H,45,54)(H,46,56)(H,47,52)(H,48,55)(H,49,53)(H,57,58). The lowest BCUT2D eigenvalue weighted by atomic mass is 10.1. The van der Waals surface area contributed by atoms with Crippen molar-refractivity contribution in [2.24, 2.45) is 0 Å². The van der Waals surface area contributed by atoms with Gasteiger partial charge in [-0.3, -0.25) is 24.0 Å². The highest BCUT2D eigenvalue weighted by atomic mass is 35.5. The average molecular weight is 856 g/mol. The molecule has 5 amide bonds. The van der Waals surface area contributed by atoms with Crippen molar-refractivity contribution >= 4 is 81.5 Å². The van der Waals surface area contributed by atoms with E-state index in [-0.39, 0.29) is 67.3 Å². The molecule has 0 aliphatic rings. The maximum absolute atomic E-state index is 13.2. The summed E-state index contributed by atoms with van der Waals surface area (Å²) in [5.74, 6) is -6.84. The molecule has 1 unspecified atom stereocenters. The molecule has 0 saturated heterocycles. The molecule has 19 heteroatoms. The number of ether oxygens (including phenoxy) is 2. The van der Waals surface area contributed by atoms with E-state index in [1.54, 1.807) is 0 Å². The predicted molar refractivity (Wildman–Crippen MR) is 220 cm³/mol. The number of aromatic hydroxyl groups is 2. The maximum Gasteiger partial charge on any atom is 0.339 e. The fraction of sp³-hybridized carbons (Fsp3) is 0.0976. The van der Waals surface area contributed by atoms with Crippen LogP contribution < -0.4 is 36.1 Å². The Labute approximate surface area is 350 Å². The zero-order valence-corrected chi connectivity index (χ0v) is 32.8. The van der Waals surface area contributed by atoms with E-state index in [9.17, 15) is 49.3 Å². The molecule has 0 bridgehead atoms. The van der Waals surface area contributed by atoms with E-state index >= 15 is 0 Å². The molecule has 0 aliphatic heterocycles. The third kappa shape index (κ3) is 10.2. The quantitative estimate of drug-likeness (QED) is 0.0593. The monoisotopic (exact) mass is 854 g/mol. The van der Waals surface area contributed by atoms with E-state index in [0.29, 0.717) is 5.69 Å². The molecule has 0 aliphatic carbocycles. The fourth-order valence-electron chi connectivity index (χ4n) is 5.56. The van der Waals surface area contributed by atoms with Gasteiger partial charge in [-0.1, -0.05) is 23.2 Å². The molecule has 0 heterocycles. The average Bonchev–Trinajstić information content (AvgIpc) is 3.20. The first-order valence-electron chi connectivity index (χ1n) is 17.3. The number of phenols is 2. The van der Waals surface area contributed by atoms with Gasteiger partial charge in [0.25, 0.3) is 23.6 Å². The van der Waals surface area contributed by atoms with Gasteiger partial charge in [-0.2, -0.15) is 5.26 Å². The largest absolute Gasteiger partial charge is 0.504 e. The van der Waals surface area contributed by atoms with E-state index < -0.39 is 58.6 Å². The summed E-state index contributed by atoms with van der Waals surface area (Å²) in [5.41, 5.74) is 0.165. The normalized spacial score (nSPS) is 10.9. The van der Waals surface area contributed by atoms with Gasteiger partial charge in [-0.05, 0) is 91.0 Å². The van der Waals surface area contributed by atoms with Crippen LogP contribution in [0.5, 0.6) is 23.0 Å². The second-order valence-electron chi connectivity index (χ2n) is 12.4. The number of hydrogen-bond donors (Lipinski definition) is 8. The maximum atomic E-state index is 13.2. The lowest BCUT2D eigenvalue weighted by Gasteiger charge is -2.17. The van der Waals surface area contributed by atoms with Gasteiger partial charge in [0.2, 0.25) is 5.91 Å². The van der Waals surface area contributed by atoms with Crippen molar-refractivity contribution in [3.63, 3.8) is 0 Å². The molecule has 0 saturated carbocycles. The number of aromatic carboxylic acids is 1. The topological polar surface area (TPSA) is 266 Å². The Balaban J connectivity index is 1.20. The minimum absolute atomic E-state index is 0.0210. The Kier molecular flexibility index (Phi) is 13.8. The van der Waals surface area contributed by atoms with Crippen molar-refractivity contribution < 1.29 is 53.6 Å². The number of benzene rings is 5. The highest BCUT2D eigenvalue weighted by Gasteiger charge is 2.25. The number of halogens is 2. The summed E-state index contributed by atoms with van der Waals surface area (Å²) in [7, 11) is 2.35. The summed E-state index contributed by atoms with van der Waals surface area (Å²) >= 11 is 11.9. The number of carbonyl (C=O) groups excluding carboxylic acids is 5. The molecule has 0 radical (unpaired) electrons. The Morgan fingerprint density at radius 2 is 1.08 bits per heavy atom. The van der Waals surface area contributed by atoms with Crippen LogP contribution in [0.3, 0.4) is 0 Å². The Hall–Kier alpha value is -7.81. The molecule has 17 nitrogen and oxygen atoms in total. The van der Waals surface area contributed by atoms with Gasteiger partial charge in [-0.15, -0.1) is 0 Å². The molecule has 0 spiro atoms. The number of rotatable bonds is 14. The molecule has 8 N–H and O–H groups in total. The van der Waals surface area contributed by atoms with Crippen molar-refractivity contribution in [2.45, 2.75) is 12.5 Å². The second-order valence-corrected chi connectivity index (χ2v) is 13.3. The molecular weight excluding hydrogens is 823 g/mol. The summed E-state index contributed by atoms with van der Waals surface area (Å²) in [6, 6.07) is 21.0.